The lowest BCUT2D eigenvalue weighted by molar-refractivity contribution is -0.142. The zero-order valence-corrected chi connectivity index (χ0v) is 8.47. The molecule has 2 rings (SSSR count). The van der Waals surface area contributed by atoms with Gasteiger partial charge in [-0.3, -0.25) is 0 Å². The topological polar surface area (TPSA) is 33.1 Å². The van der Waals surface area contributed by atoms with E-state index in [4.69, 9.17) is 11.6 Å². The molecule has 6 heteroatoms. The summed E-state index contributed by atoms with van der Waals surface area (Å²) in [5, 5.41) is 9.89. The Hall–Kier alpha value is -1.49. The van der Waals surface area contributed by atoms with Crippen LogP contribution in [0.4, 0.5) is 13.2 Å². The Morgan fingerprint density at radius 1 is 1.19 bits per heavy atom. The van der Waals surface area contributed by atoms with Gasteiger partial charge in [0, 0.05) is 10.4 Å². The van der Waals surface area contributed by atoms with E-state index in [-0.39, 0.29) is 5.52 Å². The molecule has 0 amide bonds. The molecule has 2 aromatic rings. The summed E-state index contributed by atoms with van der Waals surface area (Å²) in [5.74, 6) is -0.887. The first-order chi connectivity index (χ1) is 7.38. The summed E-state index contributed by atoms with van der Waals surface area (Å²) in [4.78, 5) is 3.35. The monoisotopic (exact) mass is 247 g/mol. The third-order valence-electron chi connectivity index (χ3n) is 2.03. The molecule has 0 radical (unpaired) electrons. The minimum Gasteiger partial charge on any atom is -0.506 e. The molecule has 2 nitrogen and oxygen atoms in total. The fourth-order valence-electron chi connectivity index (χ4n) is 1.34. The predicted molar refractivity (Wildman–Crippen MR) is 53.4 cm³/mol. The van der Waals surface area contributed by atoms with Gasteiger partial charge in [-0.05, 0) is 18.2 Å². The molecule has 1 aromatic carbocycles. The van der Waals surface area contributed by atoms with Gasteiger partial charge < -0.3 is 5.11 Å². The Morgan fingerprint density at radius 3 is 2.50 bits per heavy atom. The van der Waals surface area contributed by atoms with Gasteiger partial charge in [0.1, 0.15) is 5.75 Å². The van der Waals surface area contributed by atoms with Gasteiger partial charge in [0.05, 0.1) is 5.52 Å². The van der Waals surface area contributed by atoms with Crippen molar-refractivity contribution in [3.05, 3.63) is 35.0 Å². The van der Waals surface area contributed by atoms with Gasteiger partial charge in [0.2, 0.25) is 0 Å². The van der Waals surface area contributed by atoms with E-state index in [0.717, 1.165) is 6.07 Å². The van der Waals surface area contributed by atoms with Crippen molar-refractivity contribution in [2.45, 2.75) is 6.18 Å². The van der Waals surface area contributed by atoms with Crippen molar-refractivity contribution >= 4 is 22.5 Å². The maximum absolute atomic E-state index is 12.4. The van der Waals surface area contributed by atoms with Crippen molar-refractivity contribution in [2.75, 3.05) is 0 Å². The fraction of sp³-hybridized carbons (Fsp3) is 0.100. The molecule has 0 aliphatic carbocycles. The molecule has 84 valence electrons. The second-order valence-electron chi connectivity index (χ2n) is 3.19. The number of nitrogens with zero attached hydrogens (tertiary/aromatic N) is 1. The lowest BCUT2D eigenvalue weighted by Crippen LogP contribution is -2.08. The molecule has 1 N–H and O–H groups in total. The number of aromatic nitrogens is 1. The van der Waals surface area contributed by atoms with Crippen LogP contribution in [-0.2, 0) is 6.18 Å². The SMILES string of the molecule is Oc1cc2ccc(Cl)cc2nc1C(F)(F)F. The van der Waals surface area contributed by atoms with Crippen LogP contribution in [-0.4, -0.2) is 10.1 Å². The Bertz CT molecular complexity index is 553. The molecule has 0 saturated carbocycles. The summed E-state index contributed by atoms with van der Waals surface area (Å²) in [7, 11) is 0. The van der Waals surface area contributed by atoms with Crippen LogP contribution in [0.25, 0.3) is 10.9 Å². The number of alkyl halides is 3. The van der Waals surface area contributed by atoms with E-state index in [2.05, 4.69) is 4.98 Å². The lowest BCUT2D eigenvalue weighted by Gasteiger charge is -2.09. The van der Waals surface area contributed by atoms with Gasteiger partial charge >= 0.3 is 6.18 Å². The van der Waals surface area contributed by atoms with Crippen LogP contribution < -0.4 is 0 Å². The van der Waals surface area contributed by atoms with E-state index in [9.17, 15) is 18.3 Å². The van der Waals surface area contributed by atoms with Crippen molar-refractivity contribution < 1.29 is 18.3 Å². The highest BCUT2D eigenvalue weighted by molar-refractivity contribution is 6.31. The number of fused-ring (bicyclic) bond motifs is 1. The van der Waals surface area contributed by atoms with Crippen molar-refractivity contribution in [2.24, 2.45) is 0 Å². The normalized spacial score (nSPS) is 12.0. The number of benzene rings is 1. The molecule has 0 atom stereocenters. The van der Waals surface area contributed by atoms with Crippen molar-refractivity contribution in [1.29, 1.82) is 0 Å². The molecule has 1 aromatic heterocycles. The highest BCUT2D eigenvalue weighted by Gasteiger charge is 2.36. The molecular weight excluding hydrogens is 243 g/mol. The van der Waals surface area contributed by atoms with Crippen LogP contribution in [0.2, 0.25) is 5.02 Å². The third-order valence-corrected chi connectivity index (χ3v) is 2.26. The summed E-state index contributed by atoms with van der Waals surface area (Å²) in [6, 6.07) is 5.33. The minimum absolute atomic E-state index is 0.0950. The van der Waals surface area contributed by atoms with Crippen LogP contribution in [0.5, 0.6) is 5.75 Å². The second kappa shape index (κ2) is 3.52. The fourth-order valence-corrected chi connectivity index (χ4v) is 1.50. The van der Waals surface area contributed by atoms with Gasteiger partial charge in [-0.2, -0.15) is 13.2 Å². The van der Waals surface area contributed by atoms with Crippen LogP contribution in [0.3, 0.4) is 0 Å². The average molecular weight is 248 g/mol. The van der Waals surface area contributed by atoms with E-state index < -0.39 is 17.6 Å². The zero-order chi connectivity index (χ0) is 11.9. The highest BCUT2D eigenvalue weighted by atomic mass is 35.5. The number of halogens is 4. The van der Waals surface area contributed by atoms with Gasteiger partial charge in [-0.1, -0.05) is 17.7 Å². The molecule has 0 fully saturated rings. The molecular formula is C10H5ClF3NO. The number of rotatable bonds is 0. The van der Waals surface area contributed by atoms with Crippen molar-refractivity contribution in [3.8, 4) is 5.75 Å². The zero-order valence-electron chi connectivity index (χ0n) is 7.72. The van der Waals surface area contributed by atoms with Gasteiger partial charge in [0.15, 0.2) is 5.69 Å². The largest absolute Gasteiger partial charge is 0.506 e. The van der Waals surface area contributed by atoms with Crippen molar-refractivity contribution in [1.82, 2.24) is 4.98 Å². The van der Waals surface area contributed by atoms with Crippen LogP contribution >= 0.6 is 11.6 Å². The first-order valence-corrected chi connectivity index (χ1v) is 4.62. The Kier molecular flexibility index (Phi) is 2.42. The maximum Gasteiger partial charge on any atom is 0.437 e. The number of pyridine rings is 1. The van der Waals surface area contributed by atoms with E-state index >= 15 is 0 Å². The highest BCUT2D eigenvalue weighted by Crippen LogP contribution is 2.36. The van der Waals surface area contributed by atoms with Gasteiger partial charge in [0.25, 0.3) is 0 Å². The molecule has 0 spiro atoms. The van der Waals surface area contributed by atoms with Crippen molar-refractivity contribution in [3.63, 3.8) is 0 Å². The molecule has 0 unspecified atom stereocenters. The quantitative estimate of drug-likeness (QED) is 0.771. The number of hydrogen-bond donors (Lipinski definition) is 1. The molecule has 1 heterocycles. The summed E-state index contributed by atoms with van der Waals surface area (Å²) < 4.78 is 37.3. The Morgan fingerprint density at radius 2 is 1.88 bits per heavy atom. The average Bonchev–Trinajstić information content (AvgIpc) is 2.16. The number of aromatic hydroxyl groups is 1. The molecule has 0 aliphatic heterocycles. The van der Waals surface area contributed by atoms with E-state index in [1.807, 2.05) is 0 Å². The van der Waals surface area contributed by atoms with E-state index in [1.54, 1.807) is 0 Å². The summed E-state index contributed by atoms with van der Waals surface area (Å²) in [5.41, 5.74) is -1.21. The van der Waals surface area contributed by atoms with E-state index in [0.29, 0.717) is 10.4 Å². The van der Waals surface area contributed by atoms with Crippen LogP contribution in [0, 0.1) is 0 Å². The summed E-state index contributed by atoms with van der Waals surface area (Å²) in [6.07, 6.45) is -4.68. The minimum atomic E-state index is -4.68. The number of hydrogen-bond acceptors (Lipinski definition) is 2. The van der Waals surface area contributed by atoms with Crippen LogP contribution in [0.1, 0.15) is 5.69 Å². The van der Waals surface area contributed by atoms with E-state index in [1.165, 1.54) is 18.2 Å². The Labute approximate surface area is 93.3 Å². The molecule has 0 aliphatic rings. The second-order valence-corrected chi connectivity index (χ2v) is 3.63. The maximum atomic E-state index is 12.4. The summed E-state index contributed by atoms with van der Waals surface area (Å²) in [6.45, 7) is 0. The lowest BCUT2D eigenvalue weighted by atomic mass is 10.2. The van der Waals surface area contributed by atoms with Crippen LogP contribution in [0.15, 0.2) is 24.3 Å². The van der Waals surface area contributed by atoms with Gasteiger partial charge in [-0.25, -0.2) is 4.98 Å². The molecule has 16 heavy (non-hydrogen) atoms. The first kappa shape index (κ1) is 11.0. The third kappa shape index (κ3) is 1.90. The molecule has 0 bridgehead atoms. The first-order valence-electron chi connectivity index (χ1n) is 4.24. The Balaban J connectivity index is 2.74. The smallest absolute Gasteiger partial charge is 0.437 e. The predicted octanol–water partition coefficient (Wildman–Crippen LogP) is 3.61. The standard InChI is InChI=1S/C10H5ClF3NO/c11-6-2-1-5-3-8(16)9(10(12,13)14)15-7(5)4-6/h1-4,16H. The molecule has 0 saturated heterocycles. The van der Waals surface area contributed by atoms with Gasteiger partial charge in [-0.15, -0.1) is 0 Å². The summed E-state index contributed by atoms with van der Waals surface area (Å²) >= 11 is 5.64.